The van der Waals surface area contributed by atoms with Crippen molar-refractivity contribution in [2.45, 2.75) is 225 Å². The van der Waals surface area contributed by atoms with E-state index in [9.17, 15) is 0 Å². The van der Waals surface area contributed by atoms with E-state index in [0.29, 0.717) is 4.32 Å². The van der Waals surface area contributed by atoms with Gasteiger partial charge in [0.1, 0.15) is 4.32 Å². The van der Waals surface area contributed by atoms with E-state index in [1.165, 1.54) is 218 Å². The van der Waals surface area contributed by atoms with Gasteiger partial charge in [0.2, 0.25) is 0 Å². The van der Waals surface area contributed by atoms with Gasteiger partial charge >= 0.3 is 0 Å². The van der Waals surface area contributed by atoms with Gasteiger partial charge in [0.15, 0.2) is 0 Å². The fourth-order valence-electron chi connectivity index (χ4n) is 6.25. The lowest BCUT2D eigenvalue weighted by Gasteiger charge is -2.05. The van der Waals surface area contributed by atoms with Crippen LogP contribution in [0, 0.1) is 0 Å². The maximum atomic E-state index is 5.02. The van der Waals surface area contributed by atoms with Crippen LogP contribution in [0.3, 0.4) is 0 Å². The van der Waals surface area contributed by atoms with E-state index in [1.54, 1.807) is 0 Å². The van der Waals surface area contributed by atoms with Crippen molar-refractivity contribution in [1.29, 1.82) is 0 Å². The number of hydrogen-bond donors (Lipinski definition) is 3. The van der Waals surface area contributed by atoms with Crippen molar-refractivity contribution < 1.29 is 0 Å². The summed E-state index contributed by atoms with van der Waals surface area (Å²) in [6, 6.07) is 0. The highest BCUT2D eigenvalue weighted by Gasteiger charge is 1.98. The van der Waals surface area contributed by atoms with Gasteiger partial charge in [-0.1, -0.05) is 230 Å². The summed E-state index contributed by atoms with van der Waals surface area (Å²) < 4.78 is 1.51. The summed E-state index contributed by atoms with van der Waals surface area (Å²) in [4.78, 5) is 0. The first kappa shape index (κ1) is 43.7. The molecule has 0 rings (SSSR count). The van der Waals surface area contributed by atoms with Gasteiger partial charge in [-0.3, -0.25) is 0 Å². The largest absolute Gasteiger partial charge is 0.371 e. The summed E-state index contributed by atoms with van der Waals surface area (Å²) in [5.74, 6) is 0. The van der Waals surface area contributed by atoms with E-state index in [1.807, 2.05) is 0 Å². The lowest BCUT2D eigenvalue weighted by atomic mass is 10.0. The van der Waals surface area contributed by atoms with Crippen LogP contribution in [0.4, 0.5) is 0 Å². The molecule has 0 atom stereocenters. The molecule has 0 aromatic rings. The van der Waals surface area contributed by atoms with Gasteiger partial charge in [-0.15, -0.1) is 25.3 Å². The second kappa shape index (κ2) is 38.9. The Kier molecular flexibility index (Phi) is 39.5. The van der Waals surface area contributed by atoms with Crippen LogP contribution in [0.15, 0.2) is 0 Å². The average Bonchev–Trinajstić information content (AvgIpc) is 2.98. The van der Waals surface area contributed by atoms with E-state index >= 15 is 0 Å². The Hall–Kier alpha value is 0.680. The van der Waals surface area contributed by atoms with Gasteiger partial charge in [-0.2, -0.15) is 0 Å². The third-order valence-corrected chi connectivity index (χ3v) is 9.82. The summed E-state index contributed by atoms with van der Waals surface area (Å²) in [5.41, 5.74) is 0. The monoisotopic (exact) mass is 673 g/mol. The van der Waals surface area contributed by atoms with E-state index in [-0.39, 0.29) is 0 Å². The molecule has 1 nitrogen and oxygen atoms in total. The maximum absolute atomic E-state index is 5.02. The van der Waals surface area contributed by atoms with Gasteiger partial charge in [0.05, 0.1) is 0 Å². The summed E-state index contributed by atoms with van der Waals surface area (Å²) >= 11 is 18.2. The number of rotatable bonds is 37. The second-order valence-corrected chi connectivity index (χ2v) is 15.9. The normalized spacial score (nSPS) is 11.3. The molecule has 0 aliphatic carbocycles. The molecule has 0 spiro atoms. The van der Waals surface area contributed by atoms with Crippen molar-refractivity contribution >= 4 is 58.2 Å². The molecule has 0 fully saturated rings. The highest BCUT2D eigenvalue weighted by Crippen LogP contribution is 2.17. The SMILES string of the molecule is S=C(S)CCCCCCCCCCCCCCCCCCCCCCCCCCCCCCCCCCCCNC(=S)S. The number of hydrogen-bond acceptors (Lipinski definition) is 2. The molecule has 0 aromatic heterocycles. The molecule has 0 amide bonds. The first-order chi connectivity index (χ1) is 21.1. The predicted molar refractivity (Wildman–Crippen MR) is 213 cm³/mol. The van der Waals surface area contributed by atoms with E-state index in [4.69, 9.17) is 24.4 Å². The van der Waals surface area contributed by atoms with Crippen molar-refractivity contribution in [2.24, 2.45) is 0 Å². The van der Waals surface area contributed by atoms with Crippen molar-refractivity contribution in [3.8, 4) is 0 Å². The Morgan fingerprint density at radius 3 is 0.674 bits per heavy atom. The van der Waals surface area contributed by atoms with E-state index in [2.05, 4.69) is 30.6 Å². The van der Waals surface area contributed by atoms with Crippen LogP contribution < -0.4 is 5.32 Å². The quantitative estimate of drug-likeness (QED) is 0.0345. The van der Waals surface area contributed by atoms with Gasteiger partial charge in [0.25, 0.3) is 0 Å². The Morgan fingerprint density at radius 2 is 0.488 bits per heavy atom. The topological polar surface area (TPSA) is 12.0 Å². The molecular formula is C38H75NS4. The summed E-state index contributed by atoms with van der Waals surface area (Å²) in [6.07, 6.45) is 49.8. The molecule has 0 aromatic carbocycles. The molecular weight excluding hydrogens is 599 g/mol. The first-order valence-electron chi connectivity index (χ1n) is 19.3. The lowest BCUT2D eigenvalue weighted by molar-refractivity contribution is 0.511. The average molecular weight is 674 g/mol. The molecule has 0 heterocycles. The minimum absolute atomic E-state index is 0.629. The van der Waals surface area contributed by atoms with Crippen molar-refractivity contribution in [3.63, 3.8) is 0 Å². The van der Waals surface area contributed by atoms with Crippen molar-refractivity contribution in [1.82, 2.24) is 5.32 Å². The van der Waals surface area contributed by atoms with E-state index in [0.717, 1.165) is 17.2 Å². The molecule has 0 aliphatic rings. The number of nitrogens with one attached hydrogen (secondary N) is 1. The Labute approximate surface area is 293 Å². The van der Waals surface area contributed by atoms with Crippen LogP contribution in [-0.2, 0) is 0 Å². The molecule has 5 heteroatoms. The molecule has 256 valence electrons. The van der Waals surface area contributed by atoms with Crippen LogP contribution >= 0.6 is 49.7 Å². The fraction of sp³-hybridized carbons (Fsp3) is 0.947. The van der Waals surface area contributed by atoms with Crippen LogP contribution in [0.5, 0.6) is 0 Å². The Bertz CT molecular complexity index is 520. The zero-order valence-electron chi connectivity index (χ0n) is 28.7. The molecule has 0 saturated carbocycles. The first-order valence-corrected chi connectivity index (χ1v) is 21.0. The van der Waals surface area contributed by atoms with Crippen LogP contribution in [0.1, 0.15) is 225 Å². The molecule has 0 radical (unpaired) electrons. The highest BCUT2D eigenvalue weighted by atomic mass is 32.1. The summed E-state index contributed by atoms with van der Waals surface area (Å²) in [6.45, 7) is 0.986. The number of thiocarbonyl (C=S) groups is 2. The Balaban J connectivity index is 3.04. The second-order valence-electron chi connectivity index (χ2n) is 13.4. The molecule has 0 aliphatic heterocycles. The smallest absolute Gasteiger partial charge is 0.130 e. The summed E-state index contributed by atoms with van der Waals surface area (Å²) in [7, 11) is 0. The molecule has 43 heavy (non-hydrogen) atoms. The minimum Gasteiger partial charge on any atom is -0.371 e. The zero-order valence-corrected chi connectivity index (χ0v) is 32.1. The minimum atomic E-state index is 0.629. The van der Waals surface area contributed by atoms with Crippen molar-refractivity contribution in [3.05, 3.63) is 0 Å². The van der Waals surface area contributed by atoms with Gasteiger partial charge in [-0.05, 0) is 19.3 Å². The van der Waals surface area contributed by atoms with Gasteiger partial charge in [0, 0.05) is 10.7 Å². The van der Waals surface area contributed by atoms with Gasteiger partial charge in [-0.25, -0.2) is 0 Å². The van der Waals surface area contributed by atoms with E-state index < -0.39 is 0 Å². The van der Waals surface area contributed by atoms with Gasteiger partial charge < -0.3 is 5.32 Å². The molecule has 0 saturated heterocycles. The maximum Gasteiger partial charge on any atom is 0.130 e. The number of thiol groups is 2. The third kappa shape index (κ3) is 42.7. The number of unbranched alkanes of at least 4 members (excludes halogenated alkanes) is 33. The molecule has 1 N–H and O–H groups in total. The Morgan fingerprint density at radius 1 is 0.302 bits per heavy atom. The summed E-state index contributed by atoms with van der Waals surface area (Å²) in [5, 5.41) is 3.12. The van der Waals surface area contributed by atoms with Crippen LogP contribution in [0.2, 0.25) is 0 Å². The third-order valence-electron chi connectivity index (χ3n) is 9.09. The van der Waals surface area contributed by atoms with Crippen LogP contribution in [-0.4, -0.2) is 15.1 Å². The molecule has 0 bridgehead atoms. The van der Waals surface area contributed by atoms with Crippen molar-refractivity contribution in [2.75, 3.05) is 6.54 Å². The fourth-order valence-corrected chi connectivity index (χ4v) is 6.77. The standard InChI is InChI=1S/C38H75NS4/c40-37(41)35-33-31-29-27-25-23-21-19-17-15-13-11-9-7-5-3-1-2-4-6-8-10-12-14-16-18-20-22-24-26-28-30-32-34-36-39-38(42)43/h1-36H2,(H,40,41)(H2,39,42,43). The highest BCUT2D eigenvalue weighted by molar-refractivity contribution is 8.11. The van der Waals surface area contributed by atoms with Crippen LogP contribution in [0.25, 0.3) is 0 Å². The molecule has 0 unspecified atom stereocenters. The predicted octanol–water partition coefficient (Wildman–Crippen LogP) is 14.7. The lowest BCUT2D eigenvalue weighted by Crippen LogP contribution is -2.17. The zero-order chi connectivity index (χ0) is 31.3.